The minimum Gasteiger partial charge on any atom is -0.368 e. The van der Waals surface area contributed by atoms with Gasteiger partial charge in [0.25, 0.3) is 0 Å². The zero-order chi connectivity index (χ0) is 14.5. The Morgan fingerprint density at radius 1 is 1.26 bits per heavy atom. The number of hydrogen-bond donors (Lipinski definition) is 2. The minimum atomic E-state index is -0.601. The largest absolute Gasteiger partial charge is 0.368 e. The SMILES string of the molecule is CCN1CCN(CCC(C)(NC(C)C)C(N)=O)CC1. The fraction of sp³-hybridized carbons (Fsp3) is 0.929. The molecule has 1 atom stereocenters. The Morgan fingerprint density at radius 3 is 2.21 bits per heavy atom. The lowest BCUT2D eigenvalue weighted by Crippen LogP contribution is -2.57. The summed E-state index contributed by atoms with van der Waals surface area (Å²) in [5, 5.41) is 3.30. The van der Waals surface area contributed by atoms with Gasteiger partial charge in [0.05, 0.1) is 5.54 Å². The number of nitrogens with zero attached hydrogens (tertiary/aromatic N) is 2. The number of likely N-dealkylation sites (N-methyl/N-ethyl adjacent to an activating group) is 1. The average Bonchev–Trinajstić information content (AvgIpc) is 2.36. The molecule has 112 valence electrons. The Kier molecular flexibility index (Phi) is 6.23. The van der Waals surface area contributed by atoms with Crippen molar-refractivity contribution < 1.29 is 4.79 Å². The fourth-order valence-corrected chi connectivity index (χ4v) is 2.61. The van der Waals surface area contributed by atoms with Crippen LogP contribution in [0.25, 0.3) is 0 Å². The molecule has 0 radical (unpaired) electrons. The number of amides is 1. The topological polar surface area (TPSA) is 61.6 Å². The van der Waals surface area contributed by atoms with E-state index in [9.17, 15) is 4.79 Å². The van der Waals surface area contributed by atoms with Crippen LogP contribution in [0.1, 0.15) is 34.1 Å². The van der Waals surface area contributed by atoms with E-state index in [-0.39, 0.29) is 11.9 Å². The molecule has 0 bridgehead atoms. The van der Waals surface area contributed by atoms with E-state index in [1.807, 2.05) is 20.8 Å². The first-order valence-electron chi connectivity index (χ1n) is 7.39. The second-order valence-corrected chi connectivity index (χ2v) is 6.02. The predicted octanol–water partition coefficient (Wildman–Crippen LogP) is 0.256. The Hall–Kier alpha value is -0.650. The smallest absolute Gasteiger partial charge is 0.237 e. The molecule has 19 heavy (non-hydrogen) atoms. The summed E-state index contributed by atoms with van der Waals surface area (Å²) in [4.78, 5) is 16.5. The number of nitrogens with two attached hydrogens (primary N) is 1. The van der Waals surface area contributed by atoms with Gasteiger partial charge in [0, 0.05) is 38.8 Å². The van der Waals surface area contributed by atoms with Crippen molar-refractivity contribution in [2.45, 2.75) is 45.7 Å². The van der Waals surface area contributed by atoms with Crippen molar-refractivity contribution in [2.24, 2.45) is 5.73 Å². The molecule has 1 unspecified atom stereocenters. The minimum absolute atomic E-state index is 0.256. The molecule has 0 spiro atoms. The first-order valence-corrected chi connectivity index (χ1v) is 7.39. The number of carbonyl (C=O) groups excluding carboxylic acids is 1. The highest BCUT2D eigenvalue weighted by Gasteiger charge is 2.32. The van der Waals surface area contributed by atoms with Gasteiger partial charge < -0.3 is 20.9 Å². The summed E-state index contributed by atoms with van der Waals surface area (Å²) in [5.74, 6) is -0.256. The lowest BCUT2D eigenvalue weighted by molar-refractivity contribution is -0.124. The van der Waals surface area contributed by atoms with Gasteiger partial charge in [-0.1, -0.05) is 6.92 Å². The van der Waals surface area contributed by atoms with Crippen molar-refractivity contribution in [3.8, 4) is 0 Å². The van der Waals surface area contributed by atoms with Crippen molar-refractivity contribution in [3.05, 3.63) is 0 Å². The number of rotatable bonds is 7. The van der Waals surface area contributed by atoms with Crippen LogP contribution in [0.3, 0.4) is 0 Å². The average molecular weight is 270 g/mol. The molecule has 1 amide bonds. The molecule has 1 fully saturated rings. The van der Waals surface area contributed by atoms with E-state index in [1.165, 1.54) is 0 Å². The lowest BCUT2D eigenvalue weighted by Gasteiger charge is -2.37. The monoisotopic (exact) mass is 270 g/mol. The molecule has 3 N–H and O–H groups in total. The first-order chi connectivity index (χ1) is 8.87. The first kappa shape index (κ1) is 16.4. The third-order valence-electron chi connectivity index (χ3n) is 3.99. The Labute approximate surface area is 117 Å². The summed E-state index contributed by atoms with van der Waals surface area (Å²) < 4.78 is 0. The van der Waals surface area contributed by atoms with Crippen molar-refractivity contribution in [1.82, 2.24) is 15.1 Å². The molecule has 5 nitrogen and oxygen atoms in total. The van der Waals surface area contributed by atoms with Gasteiger partial charge in [-0.2, -0.15) is 0 Å². The van der Waals surface area contributed by atoms with Crippen molar-refractivity contribution in [1.29, 1.82) is 0 Å². The third kappa shape index (κ3) is 5.09. The molecule has 1 rings (SSSR count). The highest BCUT2D eigenvalue weighted by molar-refractivity contribution is 5.84. The van der Waals surface area contributed by atoms with Gasteiger partial charge >= 0.3 is 0 Å². The van der Waals surface area contributed by atoms with E-state index in [2.05, 4.69) is 22.0 Å². The summed E-state index contributed by atoms with van der Waals surface area (Å²) in [6.45, 7) is 14.7. The van der Waals surface area contributed by atoms with Gasteiger partial charge in [0.1, 0.15) is 0 Å². The molecule has 0 aliphatic carbocycles. The third-order valence-corrected chi connectivity index (χ3v) is 3.99. The molecule has 1 saturated heterocycles. The summed E-state index contributed by atoms with van der Waals surface area (Å²) in [5.41, 5.74) is 4.95. The van der Waals surface area contributed by atoms with Crippen molar-refractivity contribution in [2.75, 3.05) is 39.3 Å². The lowest BCUT2D eigenvalue weighted by atomic mass is 9.95. The van der Waals surface area contributed by atoms with Gasteiger partial charge in [-0.15, -0.1) is 0 Å². The number of carbonyl (C=O) groups is 1. The molecular weight excluding hydrogens is 240 g/mol. The molecular formula is C14H30N4O. The molecule has 0 saturated carbocycles. The van der Waals surface area contributed by atoms with Crippen LogP contribution in [-0.4, -0.2) is 66.6 Å². The van der Waals surface area contributed by atoms with Crippen LogP contribution in [0.5, 0.6) is 0 Å². The van der Waals surface area contributed by atoms with E-state index in [4.69, 9.17) is 5.73 Å². The Balaban J connectivity index is 2.42. The molecule has 1 heterocycles. The molecule has 1 aliphatic rings. The van der Waals surface area contributed by atoms with E-state index in [0.29, 0.717) is 0 Å². The van der Waals surface area contributed by atoms with Crippen LogP contribution < -0.4 is 11.1 Å². The van der Waals surface area contributed by atoms with Crippen molar-refractivity contribution in [3.63, 3.8) is 0 Å². The van der Waals surface area contributed by atoms with E-state index in [1.54, 1.807) is 0 Å². The summed E-state index contributed by atoms with van der Waals surface area (Å²) >= 11 is 0. The molecule has 0 aromatic rings. The van der Waals surface area contributed by atoms with Crippen LogP contribution in [-0.2, 0) is 4.79 Å². The van der Waals surface area contributed by atoms with Crippen LogP contribution in [0.2, 0.25) is 0 Å². The zero-order valence-electron chi connectivity index (χ0n) is 12.9. The highest BCUT2D eigenvalue weighted by atomic mass is 16.1. The maximum atomic E-state index is 11.7. The second-order valence-electron chi connectivity index (χ2n) is 6.02. The van der Waals surface area contributed by atoms with Crippen LogP contribution in [0.4, 0.5) is 0 Å². The molecule has 0 aromatic carbocycles. The standard InChI is InChI=1S/C14H30N4O/c1-5-17-8-10-18(11-9-17)7-6-14(4,13(15)19)16-12(2)3/h12,16H,5-11H2,1-4H3,(H2,15,19). The zero-order valence-corrected chi connectivity index (χ0v) is 12.9. The Bertz CT molecular complexity index is 287. The van der Waals surface area contributed by atoms with E-state index >= 15 is 0 Å². The summed E-state index contributed by atoms with van der Waals surface area (Å²) in [7, 11) is 0. The molecule has 1 aliphatic heterocycles. The molecule has 0 aromatic heterocycles. The van der Waals surface area contributed by atoms with Crippen LogP contribution >= 0.6 is 0 Å². The van der Waals surface area contributed by atoms with E-state index < -0.39 is 5.54 Å². The number of piperazine rings is 1. The predicted molar refractivity (Wildman–Crippen MR) is 79.0 cm³/mol. The van der Waals surface area contributed by atoms with Crippen LogP contribution in [0, 0.1) is 0 Å². The quantitative estimate of drug-likeness (QED) is 0.696. The van der Waals surface area contributed by atoms with Crippen LogP contribution in [0.15, 0.2) is 0 Å². The fourth-order valence-electron chi connectivity index (χ4n) is 2.61. The maximum Gasteiger partial charge on any atom is 0.237 e. The Morgan fingerprint density at radius 2 is 1.79 bits per heavy atom. The number of nitrogens with one attached hydrogen (secondary N) is 1. The number of primary amides is 1. The van der Waals surface area contributed by atoms with Gasteiger partial charge in [-0.25, -0.2) is 0 Å². The maximum absolute atomic E-state index is 11.7. The number of hydrogen-bond acceptors (Lipinski definition) is 4. The van der Waals surface area contributed by atoms with Gasteiger partial charge in [0.2, 0.25) is 5.91 Å². The van der Waals surface area contributed by atoms with Gasteiger partial charge in [0.15, 0.2) is 0 Å². The summed E-state index contributed by atoms with van der Waals surface area (Å²) in [6.07, 6.45) is 0.770. The summed E-state index contributed by atoms with van der Waals surface area (Å²) in [6, 6.07) is 0.259. The van der Waals surface area contributed by atoms with Gasteiger partial charge in [-0.3, -0.25) is 4.79 Å². The van der Waals surface area contributed by atoms with E-state index in [0.717, 1.165) is 45.7 Å². The highest BCUT2D eigenvalue weighted by Crippen LogP contribution is 2.13. The molecule has 5 heteroatoms. The van der Waals surface area contributed by atoms with Crippen molar-refractivity contribution >= 4 is 5.91 Å². The normalized spacial score (nSPS) is 21.5. The van der Waals surface area contributed by atoms with Gasteiger partial charge in [-0.05, 0) is 33.7 Å². The second kappa shape index (κ2) is 7.22.